The molecule has 5 nitrogen and oxygen atoms in total. The lowest BCUT2D eigenvalue weighted by Gasteiger charge is -2.31. The van der Waals surface area contributed by atoms with Crippen LogP contribution >= 0.6 is 11.3 Å². The number of piperidine rings is 1. The van der Waals surface area contributed by atoms with Crippen molar-refractivity contribution < 1.29 is 9.53 Å². The maximum Gasteiger partial charge on any atom is 0.246 e. The number of amides is 1. The van der Waals surface area contributed by atoms with Crippen LogP contribution in [0.2, 0.25) is 0 Å². The lowest BCUT2D eigenvalue weighted by Crippen LogP contribution is -2.41. The summed E-state index contributed by atoms with van der Waals surface area (Å²) >= 11 is 1.61. The zero-order valence-corrected chi connectivity index (χ0v) is 13.9. The lowest BCUT2D eigenvalue weighted by atomic mass is 10.1. The quantitative estimate of drug-likeness (QED) is 0.803. The van der Waals surface area contributed by atoms with Crippen LogP contribution in [0.25, 0.3) is 6.08 Å². The third-order valence-corrected chi connectivity index (χ3v) is 4.68. The van der Waals surface area contributed by atoms with Crippen LogP contribution in [0.4, 0.5) is 0 Å². The second-order valence-corrected chi connectivity index (χ2v) is 6.47. The number of thiophene rings is 1. The topological polar surface area (TPSA) is 66.2 Å². The zero-order chi connectivity index (χ0) is 16.8. The van der Waals surface area contributed by atoms with Gasteiger partial charge in [0.25, 0.3) is 0 Å². The van der Waals surface area contributed by atoms with Gasteiger partial charge in [-0.2, -0.15) is 5.26 Å². The minimum Gasteiger partial charge on any atom is -0.474 e. The van der Waals surface area contributed by atoms with E-state index in [4.69, 9.17) is 10.00 Å². The number of carbonyl (C=O) groups excluding carboxylic acids is 1. The van der Waals surface area contributed by atoms with Crippen molar-refractivity contribution >= 4 is 23.3 Å². The predicted molar refractivity (Wildman–Crippen MR) is 92.5 cm³/mol. The van der Waals surface area contributed by atoms with Gasteiger partial charge in [-0.15, -0.1) is 11.3 Å². The molecule has 1 aliphatic heterocycles. The maximum absolute atomic E-state index is 12.2. The van der Waals surface area contributed by atoms with E-state index in [-0.39, 0.29) is 12.0 Å². The fraction of sp³-hybridized carbons (Fsp3) is 0.278. The molecule has 1 amide bonds. The van der Waals surface area contributed by atoms with Gasteiger partial charge in [-0.25, -0.2) is 4.98 Å². The summed E-state index contributed by atoms with van der Waals surface area (Å²) in [5.41, 5.74) is 0.514. The standard InChI is InChI=1S/C18H17N3O2S/c19-12-14-3-5-17(20-13-14)23-15-7-9-21(10-8-15)18(22)6-4-16-2-1-11-24-16/h1-6,11,13,15H,7-10H2/b6-4+. The van der Waals surface area contributed by atoms with Crippen LogP contribution in [0.1, 0.15) is 23.3 Å². The molecule has 1 aliphatic rings. The number of rotatable bonds is 4. The van der Waals surface area contributed by atoms with Crippen molar-refractivity contribution in [1.82, 2.24) is 9.88 Å². The number of aromatic nitrogens is 1. The molecule has 1 saturated heterocycles. The van der Waals surface area contributed by atoms with E-state index in [2.05, 4.69) is 4.98 Å². The molecule has 3 rings (SSSR count). The molecule has 6 heteroatoms. The van der Waals surface area contributed by atoms with E-state index in [1.165, 1.54) is 6.20 Å². The Morgan fingerprint density at radius 2 is 2.21 bits per heavy atom. The number of likely N-dealkylation sites (tertiary alicyclic amines) is 1. The number of hydrogen-bond donors (Lipinski definition) is 0. The smallest absolute Gasteiger partial charge is 0.246 e. The first-order valence-electron chi connectivity index (χ1n) is 7.78. The highest BCUT2D eigenvalue weighted by Crippen LogP contribution is 2.18. The first kappa shape index (κ1) is 16.2. The number of hydrogen-bond acceptors (Lipinski definition) is 5. The molecule has 0 atom stereocenters. The summed E-state index contributed by atoms with van der Waals surface area (Å²) in [6.07, 6.45) is 6.60. The molecule has 0 aliphatic carbocycles. The van der Waals surface area contributed by atoms with Crippen molar-refractivity contribution in [1.29, 1.82) is 5.26 Å². The minimum absolute atomic E-state index is 0.0401. The van der Waals surface area contributed by atoms with Gasteiger partial charge in [0.05, 0.1) is 5.56 Å². The SMILES string of the molecule is N#Cc1ccc(OC2CCN(C(=O)/C=C/c3cccs3)CC2)nc1. The van der Waals surface area contributed by atoms with Crippen molar-refractivity contribution in [3.8, 4) is 11.9 Å². The van der Waals surface area contributed by atoms with E-state index >= 15 is 0 Å². The van der Waals surface area contributed by atoms with Crippen LogP contribution in [0.15, 0.2) is 41.9 Å². The van der Waals surface area contributed by atoms with Crippen LogP contribution in [-0.4, -0.2) is 35.0 Å². The van der Waals surface area contributed by atoms with Gasteiger partial charge >= 0.3 is 0 Å². The van der Waals surface area contributed by atoms with Gasteiger partial charge < -0.3 is 9.64 Å². The van der Waals surface area contributed by atoms with Gasteiger partial charge in [-0.1, -0.05) is 6.07 Å². The predicted octanol–water partition coefficient (Wildman–Crippen LogP) is 3.10. The van der Waals surface area contributed by atoms with Crippen molar-refractivity contribution in [3.63, 3.8) is 0 Å². The van der Waals surface area contributed by atoms with Gasteiger partial charge in [-0.3, -0.25) is 4.79 Å². The lowest BCUT2D eigenvalue weighted by molar-refractivity contribution is -0.127. The van der Waals surface area contributed by atoms with Crippen molar-refractivity contribution in [3.05, 3.63) is 52.4 Å². The molecule has 0 aromatic carbocycles. The Morgan fingerprint density at radius 1 is 1.38 bits per heavy atom. The number of pyridine rings is 1. The van der Waals surface area contributed by atoms with Crippen LogP contribution in [0, 0.1) is 11.3 Å². The molecule has 0 bridgehead atoms. The summed E-state index contributed by atoms with van der Waals surface area (Å²) in [4.78, 5) is 19.2. The Kier molecular flexibility index (Phi) is 5.24. The molecular weight excluding hydrogens is 322 g/mol. The van der Waals surface area contributed by atoms with Gasteiger partial charge in [0.15, 0.2) is 0 Å². The van der Waals surface area contributed by atoms with Crippen molar-refractivity contribution in [2.24, 2.45) is 0 Å². The average molecular weight is 339 g/mol. The number of nitriles is 1. The number of carbonyl (C=O) groups is 1. The van der Waals surface area contributed by atoms with Crippen LogP contribution in [-0.2, 0) is 4.79 Å². The molecule has 0 saturated carbocycles. The summed E-state index contributed by atoms with van der Waals surface area (Å²) in [5, 5.41) is 10.8. The molecule has 122 valence electrons. The normalized spacial score (nSPS) is 15.4. The zero-order valence-electron chi connectivity index (χ0n) is 13.1. The minimum atomic E-state index is 0.0401. The Morgan fingerprint density at radius 3 is 2.83 bits per heavy atom. The van der Waals surface area contributed by atoms with Gasteiger partial charge in [0.2, 0.25) is 11.8 Å². The van der Waals surface area contributed by atoms with Gasteiger partial charge in [-0.05, 0) is 23.6 Å². The van der Waals surface area contributed by atoms with Crippen molar-refractivity contribution in [2.75, 3.05) is 13.1 Å². The highest BCUT2D eigenvalue weighted by atomic mass is 32.1. The van der Waals surface area contributed by atoms with Gasteiger partial charge in [0.1, 0.15) is 12.2 Å². The highest BCUT2D eigenvalue weighted by Gasteiger charge is 2.23. The third kappa shape index (κ3) is 4.21. The van der Waals surface area contributed by atoms with E-state index in [1.54, 1.807) is 29.5 Å². The summed E-state index contributed by atoms with van der Waals surface area (Å²) in [5.74, 6) is 0.565. The van der Waals surface area contributed by atoms with E-state index in [0.29, 0.717) is 24.5 Å². The first-order chi connectivity index (χ1) is 11.7. The largest absolute Gasteiger partial charge is 0.474 e. The highest BCUT2D eigenvalue weighted by molar-refractivity contribution is 7.10. The van der Waals surface area contributed by atoms with E-state index in [9.17, 15) is 4.79 Å². The molecule has 0 radical (unpaired) electrons. The second-order valence-electron chi connectivity index (χ2n) is 5.49. The molecular formula is C18H17N3O2S. The molecule has 3 heterocycles. The van der Waals surface area contributed by atoms with Crippen molar-refractivity contribution in [2.45, 2.75) is 18.9 Å². The summed E-state index contributed by atoms with van der Waals surface area (Å²) < 4.78 is 5.83. The van der Waals surface area contributed by atoms with E-state index < -0.39 is 0 Å². The van der Waals surface area contributed by atoms with E-state index in [1.807, 2.05) is 34.6 Å². The Labute approximate surface area is 144 Å². The van der Waals surface area contributed by atoms with E-state index in [0.717, 1.165) is 17.7 Å². The third-order valence-electron chi connectivity index (χ3n) is 3.84. The Hall–Kier alpha value is -2.65. The van der Waals surface area contributed by atoms with Gasteiger partial charge in [0, 0.05) is 49.1 Å². The Bertz CT molecular complexity index is 740. The number of ether oxygens (including phenoxy) is 1. The Balaban J connectivity index is 1.48. The maximum atomic E-state index is 12.2. The number of nitrogens with zero attached hydrogens (tertiary/aromatic N) is 3. The second kappa shape index (κ2) is 7.75. The summed E-state index contributed by atoms with van der Waals surface area (Å²) in [6, 6.07) is 9.38. The van der Waals surface area contributed by atoms with Crippen LogP contribution in [0.5, 0.6) is 5.88 Å². The molecule has 1 fully saturated rings. The molecule has 24 heavy (non-hydrogen) atoms. The summed E-state index contributed by atoms with van der Waals surface area (Å²) in [7, 11) is 0. The molecule has 2 aromatic rings. The molecule has 0 N–H and O–H groups in total. The van der Waals surface area contributed by atoms with Crippen LogP contribution in [0.3, 0.4) is 0 Å². The van der Waals surface area contributed by atoms with Crippen LogP contribution < -0.4 is 4.74 Å². The first-order valence-corrected chi connectivity index (χ1v) is 8.66. The molecule has 0 spiro atoms. The fourth-order valence-corrected chi connectivity index (χ4v) is 3.14. The molecule has 2 aromatic heterocycles. The average Bonchev–Trinajstić information content (AvgIpc) is 3.14. The molecule has 0 unspecified atom stereocenters. The fourth-order valence-electron chi connectivity index (χ4n) is 2.53. The monoisotopic (exact) mass is 339 g/mol. The summed E-state index contributed by atoms with van der Waals surface area (Å²) in [6.45, 7) is 1.35.